The van der Waals surface area contributed by atoms with Gasteiger partial charge in [-0.25, -0.2) is 8.42 Å². The molecule has 0 bridgehead atoms. The van der Waals surface area contributed by atoms with E-state index in [4.69, 9.17) is 0 Å². The van der Waals surface area contributed by atoms with E-state index >= 15 is 0 Å². The lowest BCUT2D eigenvalue weighted by Gasteiger charge is -2.17. The van der Waals surface area contributed by atoms with Crippen LogP contribution >= 0.6 is 11.3 Å². The van der Waals surface area contributed by atoms with Crippen molar-refractivity contribution in [1.82, 2.24) is 14.5 Å². The number of sulfonamides is 1. The van der Waals surface area contributed by atoms with Gasteiger partial charge in [0.25, 0.3) is 5.91 Å². The van der Waals surface area contributed by atoms with Crippen molar-refractivity contribution in [3.05, 3.63) is 59.7 Å². The standard InChI is InChI=1S/C20H20N4O3S2/c1-14-9-10-16(13-17(14)29(26,27)24-11-5-6-12-24)18(25)21-20-23-22-19(28-20)15-7-3-2-4-8-15/h2-4,7-10,13H,5-6,11-12H2,1H3,(H,21,23,25). The van der Waals surface area contributed by atoms with Gasteiger partial charge in [-0.3, -0.25) is 10.1 Å². The summed E-state index contributed by atoms with van der Waals surface area (Å²) >= 11 is 1.26. The van der Waals surface area contributed by atoms with Crippen LogP contribution in [0.4, 0.5) is 5.13 Å². The Labute approximate surface area is 173 Å². The highest BCUT2D eigenvalue weighted by molar-refractivity contribution is 7.89. The number of hydrogen-bond donors (Lipinski definition) is 1. The molecule has 150 valence electrons. The van der Waals surface area contributed by atoms with Crippen LogP contribution < -0.4 is 5.32 Å². The van der Waals surface area contributed by atoms with E-state index < -0.39 is 15.9 Å². The van der Waals surface area contributed by atoms with Gasteiger partial charge in [-0.15, -0.1) is 10.2 Å². The normalized spacial score (nSPS) is 14.8. The monoisotopic (exact) mass is 428 g/mol. The number of hydrogen-bond acceptors (Lipinski definition) is 6. The van der Waals surface area contributed by atoms with E-state index in [-0.39, 0.29) is 10.5 Å². The maximum Gasteiger partial charge on any atom is 0.257 e. The zero-order valence-corrected chi connectivity index (χ0v) is 17.5. The molecule has 1 aromatic heterocycles. The SMILES string of the molecule is Cc1ccc(C(=O)Nc2nnc(-c3ccccc3)s2)cc1S(=O)(=O)N1CCCC1. The van der Waals surface area contributed by atoms with Gasteiger partial charge in [0.05, 0.1) is 4.90 Å². The van der Waals surface area contributed by atoms with E-state index in [9.17, 15) is 13.2 Å². The van der Waals surface area contributed by atoms with Gasteiger partial charge in [-0.1, -0.05) is 47.7 Å². The Kier molecular flexibility index (Phi) is 5.44. The highest BCUT2D eigenvalue weighted by atomic mass is 32.2. The smallest absolute Gasteiger partial charge is 0.257 e. The maximum atomic E-state index is 12.9. The summed E-state index contributed by atoms with van der Waals surface area (Å²) in [5.74, 6) is -0.418. The van der Waals surface area contributed by atoms with Crippen molar-refractivity contribution in [3.8, 4) is 10.6 Å². The van der Waals surface area contributed by atoms with E-state index in [2.05, 4.69) is 15.5 Å². The molecule has 2 heterocycles. The maximum absolute atomic E-state index is 12.9. The fourth-order valence-electron chi connectivity index (χ4n) is 3.23. The van der Waals surface area contributed by atoms with Gasteiger partial charge in [0.1, 0.15) is 5.01 Å². The van der Waals surface area contributed by atoms with Gasteiger partial charge in [-0.2, -0.15) is 4.31 Å². The molecule has 0 unspecified atom stereocenters. The third kappa shape index (κ3) is 4.07. The van der Waals surface area contributed by atoms with Gasteiger partial charge in [0.15, 0.2) is 0 Å². The zero-order chi connectivity index (χ0) is 20.4. The van der Waals surface area contributed by atoms with Gasteiger partial charge < -0.3 is 0 Å². The van der Waals surface area contributed by atoms with E-state index in [1.807, 2.05) is 30.3 Å². The van der Waals surface area contributed by atoms with E-state index in [1.165, 1.54) is 21.7 Å². The summed E-state index contributed by atoms with van der Waals surface area (Å²) in [4.78, 5) is 12.9. The minimum absolute atomic E-state index is 0.175. The molecule has 1 amide bonds. The van der Waals surface area contributed by atoms with Crippen molar-refractivity contribution in [2.45, 2.75) is 24.7 Å². The minimum Gasteiger partial charge on any atom is -0.296 e. The van der Waals surface area contributed by atoms with Crippen LogP contribution in [0.3, 0.4) is 0 Å². The molecule has 0 atom stereocenters. The summed E-state index contributed by atoms with van der Waals surface area (Å²) in [6.07, 6.45) is 1.72. The lowest BCUT2D eigenvalue weighted by molar-refractivity contribution is 0.102. The Balaban J connectivity index is 1.56. The second-order valence-electron chi connectivity index (χ2n) is 6.82. The summed E-state index contributed by atoms with van der Waals surface area (Å²) in [5.41, 5.74) is 1.81. The Morgan fingerprint density at radius 2 is 1.79 bits per heavy atom. The predicted molar refractivity (Wildman–Crippen MR) is 112 cm³/mol. The van der Waals surface area contributed by atoms with Crippen LogP contribution in [0.15, 0.2) is 53.4 Å². The van der Waals surface area contributed by atoms with Crippen LogP contribution in [0, 0.1) is 6.92 Å². The van der Waals surface area contributed by atoms with Crippen molar-refractivity contribution in [3.63, 3.8) is 0 Å². The number of nitrogens with one attached hydrogen (secondary N) is 1. The summed E-state index contributed by atoms with van der Waals surface area (Å²) in [5, 5.41) is 11.9. The molecule has 0 radical (unpaired) electrons. The van der Waals surface area contributed by atoms with E-state index in [1.54, 1.807) is 19.1 Å². The summed E-state index contributed by atoms with van der Waals surface area (Å²) in [6.45, 7) is 2.78. The van der Waals surface area contributed by atoms with E-state index in [0.717, 1.165) is 18.4 Å². The molecule has 1 N–H and O–H groups in total. The number of anilines is 1. The lowest BCUT2D eigenvalue weighted by atomic mass is 10.1. The number of rotatable bonds is 5. The summed E-state index contributed by atoms with van der Waals surface area (Å²) in [6, 6.07) is 14.3. The molecule has 0 aliphatic carbocycles. The Morgan fingerprint density at radius 1 is 1.07 bits per heavy atom. The molecule has 29 heavy (non-hydrogen) atoms. The molecular weight excluding hydrogens is 408 g/mol. The van der Waals surface area contributed by atoms with Crippen LogP contribution in [-0.4, -0.2) is 41.9 Å². The van der Waals surface area contributed by atoms with Crippen molar-refractivity contribution in [1.29, 1.82) is 0 Å². The molecule has 1 saturated heterocycles. The first-order chi connectivity index (χ1) is 13.9. The van der Waals surface area contributed by atoms with Gasteiger partial charge in [0.2, 0.25) is 15.2 Å². The number of carbonyl (C=O) groups is 1. The first kappa shape index (κ1) is 19.7. The predicted octanol–water partition coefficient (Wildman–Crippen LogP) is 3.55. The first-order valence-corrected chi connectivity index (χ1v) is 11.5. The second-order valence-corrected chi connectivity index (χ2v) is 9.71. The fourth-order valence-corrected chi connectivity index (χ4v) is 5.74. The number of amides is 1. The van der Waals surface area contributed by atoms with Crippen molar-refractivity contribution in [2.75, 3.05) is 18.4 Å². The average Bonchev–Trinajstić information content (AvgIpc) is 3.41. The molecule has 7 nitrogen and oxygen atoms in total. The van der Waals surface area contributed by atoms with Crippen LogP contribution in [0.2, 0.25) is 0 Å². The Morgan fingerprint density at radius 3 is 2.52 bits per heavy atom. The third-order valence-corrected chi connectivity index (χ3v) is 7.73. The molecule has 4 rings (SSSR count). The molecule has 0 saturated carbocycles. The van der Waals surface area contributed by atoms with Crippen LogP contribution in [0.1, 0.15) is 28.8 Å². The zero-order valence-electron chi connectivity index (χ0n) is 15.8. The average molecular weight is 429 g/mol. The molecule has 2 aromatic carbocycles. The number of aromatic nitrogens is 2. The molecule has 0 spiro atoms. The Bertz CT molecular complexity index is 1140. The number of aryl methyl sites for hydroxylation is 1. The van der Waals surface area contributed by atoms with Gasteiger partial charge in [-0.05, 0) is 37.5 Å². The quantitative estimate of drug-likeness (QED) is 0.671. The minimum atomic E-state index is -3.60. The molecule has 1 fully saturated rings. The fraction of sp³-hybridized carbons (Fsp3) is 0.250. The molecule has 1 aliphatic rings. The summed E-state index contributed by atoms with van der Waals surface area (Å²) in [7, 11) is -3.60. The number of benzene rings is 2. The van der Waals surface area contributed by atoms with Gasteiger partial charge in [0, 0.05) is 24.2 Å². The number of carbonyl (C=O) groups excluding carboxylic acids is 1. The second kappa shape index (κ2) is 8.02. The van der Waals surface area contributed by atoms with Crippen molar-refractivity contribution < 1.29 is 13.2 Å². The van der Waals surface area contributed by atoms with Crippen LogP contribution in [0.25, 0.3) is 10.6 Å². The highest BCUT2D eigenvalue weighted by Crippen LogP contribution is 2.27. The third-order valence-electron chi connectivity index (χ3n) is 4.80. The lowest BCUT2D eigenvalue weighted by Crippen LogP contribution is -2.28. The molecular formula is C20H20N4O3S2. The van der Waals surface area contributed by atoms with Crippen molar-refractivity contribution in [2.24, 2.45) is 0 Å². The molecule has 3 aromatic rings. The molecule has 9 heteroatoms. The largest absolute Gasteiger partial charge is 0.296 e. The first-order valence-electron chi connectivity index (χ1n) is 9.26. The highest BCUT2D eigenvalue weighted by Gasteiger charge is 2.29. The van der Waals surface area contributed by atoms with E-state index in [0.29, 0.717) is 28.8 Å². The topological polar surface area (TPSA) is 92.3 Å². The van der Waals surface area contributed by atoms with Crippen LogP contribution in [-0.2, 0) is 10.0 Å². The summed E-state index contributed by atoms with van der Waals surface area (Å²) < 4.78 is 27.3. The van der Waals surface area contributed by atoms with Crippen molar-refractivity contribution >= 4 is 32.4 Å². The van der Waals surface area contributed by atoms with Crippen LogP contribution in [0.5, 0.6) is 0 Å². The number of nitrogens with zero attached hydrogens (tertiary/aromatic N) is 3. The molecule has 1 aliphatic heterocycles. The Hall–Kier alpha value is -2.62. The van der Waals surface area contributed by atoms with Gasteiger partial charge >= 0.3 is 0 Å².